The van der Waals surface area contributed by atoms with E-state index in [1.54, 1.807) is 6.07 Å². The zero-order valence-electron chi connectivity index (χ0n) is 14.6. The number of fused-ring (bicyclic) bond motifs is 1. The zero-order valence-corrected chi connectivity index (χ0v) is 14.6. The first-order valence-electron chi connectivity index (χ1n) is 9.03. The Morgan fingerprint density at radius 2 is 1.77 bits per heavy atom. The fourth-order valence-electron chi connectivity index (χ4n) is 3.77. The van der Waals surface area contributed by atoms with Crippen LogP contribution in [-0.2, 0) is 0 Å². The number of hydrogen-bond acceptors (Lipinski definition) is 2. The van der Waals surface area contributed by atoms with Crippen LogP contribution in [-0.4, -0.2) is 15.1 Å². The van der Waals surface area contributed by atoms with Crippen LogP contribution in [0.4, 0.5) is 0 Å². The summed E-state index contributed by atoms with van der Waals surface area (Å²) < 4.78 is 0. The Kier molecular flexibility index (Phi) is 3.35. The molecule has 0 aliphatic heterocycles. The average Bonchev–Trinajstić information content (AvgIpc) is 3.34. The van der Waals surface area contributed by atoms with Gasteiger partial charge in [-0.1, -0.05) is 54.1 Å². The number of imidazole rings is 1. The van der Waals surface area contributed by atoms with Crippen LogP contribution in [0.3, 0.4) is 0 Å². The van der Waals surface area contributed by atoms with Gasteiger partial charge in [0.1, 0.15) is 11.6 Å². The Balaban J connectivity index is 1.46. The highest BCUT2D eigenvalue weighted by Gasteiger charge is 2.41. The summed E-state index contributed by atoms with van der Waals surface area (Å²) in [7, 11) is 0. The van der Waals surface area contributed by atoms with Crippen molar-refractivity contribution in [2.24, 2.45) is 0 Å². The molecule has 2 unspecified atom stereocenters. The van der Waals surface area contributed by atoms with Crippen molar-refractivity contribution in [3.63, 3.8) is 0 Å². The van der Waals surface area contributed by atoms with E-state index >= 15 is 0 Å². The first-order chi connectivity index (χ1) is 12.7. The lowest BCUT2D eigenvalue weighted by molar-refractivity contribution is 0.477. The molecule has 3 aromatic carbocycles. The summed E-state index contributed by atoms with van der Waals surface area (Å²) in [6, 6.07) is 22.4. The van der Waals surface area contributed by atoms with Gasteiger partial charge < -0.3 is 10.1 Å². The predicted octanol–water partition coefficient (Wildman–Crippen LogP) is 5.52. The minimum Gasteiger partial charge on any atom is -0.507 e. The Morgan fingerprint density at radius 3 is 2.58 bits per heavy atom. The first kappa shape index (κ1) is 15.2. The number of nitrogens with zero attached hydrogens (tertiary/aromatic N) is 1. The highest BCUT2D eigenvalue weighted by Crippen LogP contribution is 2.54. The van der Waals surface area contributed by atoms with Crippen molar-refractivity contribution in [3.8, 4) is 16.9 Å². The standard InChI is InChI=1S/C23H20N2O/c1-14-6-8-15(9-7-14)18-13-19(18)23-24-20-11-10-16(12-21(20)25-23)17-4-2-3-5-22(17)26/h2-12,18-19,26H,13H2,1H3,(H,24,25). The van der Waals surface area contributed by atoms with Gasteiger partial charge >= 0.3 is 0 Å². The number of aryl methyl sites for hydroxylation is 1. The van der Waals surface area contributed by atoms with Gasteiger partial charge in [-0.05, 0) is 48.6 Å². The second-order valence-corrected chi connectivity index (χ2v) is 7.23. The predicted molar refractivity (Wildman–Crippen MR) is 104 cm³/mol. The van der Waals surface area contributed by atoms with Crippen LogP contribution < -0.4 is 0 Å². The van der Waals surface area contributed by atoms with Gasteiger partial charge in [0, 0.05) is 11.5 Å². The molecule has 1 aliphatic carbocycles. The van der Waals surface area contributed by atoms with E-state index in [2.05, 4.69) is 42.2 Å². The number of phenolic OH excluding ortho intramolecular Hbond substituents is 1. The quantitative estimate of drug-likeness (QED) is 0.516. The van der Waals surface area contributed by atoms with E-state index in [1.807, 2.05) is 30.3 Å². The number of rotatable bonds is 3. The summed E-state index contributed by atoms with van der Waals surface area (Å²) in [5, 5.41) is 10.1. The molecule has 3 heteroatoms. The number of hydrogen-bond donors (Lipinski definition) is 2. The van der Waals surface area contributed by atoms with Gasteiger partial charge in [-0.15, -0.1) is 0 Å². The molecule has 0 bridgehead atoms. The minimum atomic E-state index is 0.299. The summed E-state index contributed by atoms with van der Waals surface area (Å²) in [5.41, 5.74) is 6.54. The van der Waals surface area contributed by atoms with Crippen LogP contribution >= 0.6 is 0 Å². The number of nitrogens with one attached hydrogen (secondary N) is 1. The monoisotopic (exact) mass is 340 g/mol. The Morgan fingerprint density at radius 1 is 0.962 bits per heavy atom. The third kappa shape index (κ3) is 2.57. The van der Waals surface area contributed by atoms with Gasteiger partial charge in [0.2, 0.25) is 0 Å². The van der Waals surface area contributed by atoms with Crippen molar-refractivity contribution in [1.29, 1.82) is 0 Å². The lowest BCUT2D eigenvalue weighted by Gasteiger charge is -2.03. The molecule has 0 amide bonds. The summed E-state index contributed by atoms with van der Waals surface area (Å²) in [5.74, 6) is 2.40. The maximum absolute atomic E-state index is 10.1. The van der Waals surface area contributed by atoms with E-state index in [9.17, 15) is 5.11 Å². The van der Waals surface area contributed by atoms with Crippen molar-refractivity contribution < 1.29 is 5.11 Å². The van der Waals surface area contributed by atoms with Crippen LogP contribution in [0.2, 0.25) is 0 Å². The van der Waals surface area contributed by atoms with Crippen molar-refractivity contribution in [1.82, 2.24) is 9.97 Å². The van der Waals surface area contributed by atoms with Crippen LogP contribution in [0.15, 0.2) is 66.7 Å². The molecule has 26 heavy (non-hydrogen) atoms. The second-order valence-electron chi connectivity index (χ2n) is 7.23. The number of H-pyrrole nitrogens is 1. The molecule has 2 N–H and O–H groups in total. The van der Waals surface area contributed by atoms with E-state index in [-0.39, 0.29) is 0 Å². The normalized spacial score (nSPS) is 19.0. The van der Waals surface area contributed by atoms with Crippen molar-refractivity contribution >= 4 is 11.0 Å². The largest absolute Gasteiger partial charge is 0.507 e. The lowest BCUT2D eigenvalue weighted by atomic mass is 10.0. The molecule has 128 valence electrons. The van der Waals surface area contributed by atoms with Gasteiger partial charge in [-0.3, -0.25) is 0 Å². The summed E-state index contributed by atoms with van der Waals surface area (Å²) in [6.45, 7) is 2.12. The molecule has 1 aliphatic rings. The fraction of sp³-hybridized carbons (Fsp3) is 0.174. The van der Waals surface area contributed by atoms with Gasteiger partial charge in [0.15, 0.2) is 0 Å². The molecular weight excluding hydrogens is 320 g/mol. The molecule has 0 saturated heterocycles. The molecular formula is C23H20N2O. The molecule has 1 aromatic heterocycles. The molecule has 1 fully saturated rings. The third-order valence-corrected chi connectivity index (χ3v) is 5.36. The van der Waals surface area contributed by atoms with E-state index in [0.29, 0.717) is 17.6 Å². The minimum absolute atomic E-state index is 0.299. The Bertz CT molecular complexity index is 1090. The number of para-hydroxylation sites is 1. The van der Waals surface area contributed by atoms with Crippen LogP contribution in [0.25, 0.3) is 22.2 Å². The first-order valence-corrected chi connectivity index (χ1v) is 9.03. The highest BCUT2D eigenvalue weighted by atomic mass is 16.3. The summed E-state index contributed by atoms with van der Waals surface area (Å²) >= 11 is 0. The third-order valence-electron chi connectivity index (χ3n) is 5.36. The van der Waals surface area contributed by atoms with Gasteiger partial charge in [-0.2, -0.15) is 0 Å². The molecule has 1 saturated carbocycles. The van der Waals surface area contributed by atoms with E-state index in [1.165, 1.54) is 11.1 Å². The number of benzene rings is 3. The van der Waals surface area contributed by atoms with Crippen molar-refractivity contribution in [3.05, 3.63) is 83.7 Å². The van der Waals surface area contributed by atoms with Gasteiger partial charge in [0.25, 0.3) is 0 Å². The van der Waals surface area contributed by atoms with Crippen LogP contribution in [0.1, 0.15) is 35.2 Å². The van der Waals surface area contributed by atoms with E-state index < -0.39 is 0 Å². The maximum atomic E-state index is 10.1. The average molecular weight is 340 g/mol. The topological polar surface area (TPSA) is 48.9 Å². The lowest BCUT2D eigenvalue weighted by Crippen LogP contribution is -1.87. The highest BCUT2D eigenvalue weighted by molar-refractivity contribution is 5.83. The molecule has 1 heterocycles. The fourth-order valence-corrected chi connectivity index (χ4v) is 3.77. The van der Waals surface area contributed by atoms with Crippen LogP contribution in [0, 0.1) is 6.92 Å². The number of aromatic nitrogens is 2. The number of phenols is 1. The second kappa shape index (κ2) is 5.73. The summed E-state index contributed by atoms with van der Waals surface area (Å²) in [4.78, 5) is 8.31. The molecule has 2 atom stereocenters. The van der Waals surface area contributed by atoms with Gasteiger partial charge in [0.05, 0.1) is 11.0 Å². The smallest absolute Gasteiger partial charge is 0.123 e. The van der Waals surface area contributed by atoms with E-state index in [0.717, 1.165) is 34.4 Å². The summed E-state index contributed by atoms with van der Waals surface area (Å²) in [6.07, 6.45) is 1.15. The van der Waals surface area contributed by atoms with E-state index in [4.69, 9.17) is 4.98 Å². The molecule has 0 radical (unpaired) electrons. The molecule has 5 rings (SSSR count). The van der Waals surface area contributed by atoms with Gasteiger partial charge in [-0.25, -0.2) is 4.98 Å². The van der Waals surface area contributed by atoms with Crippen molar-refractivity contribution in [2.45, 2.75) is 25.2 Å². The molecule has 0 spiro atoms. The molecule has 4 aromatic rings. The SMILES string of the molecule is Cc1ccc(C2CC2c2nc3ccc(-c4ccccc4O)cc3[nH]2)cc1. The Hall–Kier alpha value is -3.07. The number of aromatic amines is 1. The molecule has 3 nitrogen and oxygen atoms in total. The maximum Gasteiger partial charge on any atom is 0.123 e. The number of aromatic hydroxyl groups is 1. The zero-order chi connectivity index (χ0) is 17.7. The Labute approximate surface area is 152 Å². The van der Waals surface area contributed by atoms with Crippen molar-refractivity contribution in [2.75, 3.05) is 0 Å². The van der Waals surface area contributed by atoms with Crippen LogP contribution in [0.5, 0.6) is 5.75 Å².